The van der Waals surface area contributed by atoms with E-state index in [9.17, 15) is 14.7 Å². The third-order valence-corrected chi connectivity index (χ3v) is 4.50. The lowest BCUT2D eigenvalue weighted by atomic mass is 10.0. The van der Waals surface area contributed by atoms with Crippen LogP contribution in [-0.2, 0) is 11.2 Å². The Hall–Kier alpha value is -2.48. The summed E-state index contributed by atoms with van der Waals surface area (Å²) in [6.45, 7) is 0. The van der Waals surface area contributed by atoms with Crippen LogP contribution in [0.4, 0.5) is 0 Å². The second-order valence-corrected chi connectivity index (χ2v) is 6.82. The van der Waals surface area contributed by atoms with E-state index >= 15 is 0 Å². The van der Waals surface area contributed by atoms with E-state index in [1.807, 2.05) is 42.5 Å². The van der Waals surface area contributed by atoms with E-state index in [4.69, 9.17) is 0 Å². The number of carbonyl (C=O) groups excluding carboxylic acids is 1. The number of amides is 1. The minimum absolute atomic E-state index is 0.223. The van der Waals surface area contributed by atoms with Gasteiger partial charge in [0.15, 0.2) is 0 Å². The molecule has 0 aliphatic rings. The maximum atomic E-state index is 12.6. The highest BCUT2D eigenvalue weighted by Crippen LogP contribution is 2.17. The first-order chi connectivity index (χ1) is 12.0. The van der Waals surface area contributed by atoms with Crippen LogP contribution in [0, 0.1) is 3.57 Å². The van der Waals surface area contributed by atoms with E-state index in [1.165, 1.54) is 0 Å². The van der Waals surface area contributed by atoms with Crippen molar-refractivity contribution in [2.45, 2.75) is 12.5 Å². The number of carboxylic acids is 1. The maximum absolute atomic E-state index is 12.6. The average Bonchev–Trinajstić information content (AvgIpc) is 2.60. The van der Waals surface area contributed by atoms with Crippen LogP contribution in [0.1, 0.15) is 15.9 Å². The van der Waals surface area contributed by atoms with Crippen LogP contribution in [0.25, 0.3) is 10.9 Å². The molecule has 0 aliphatic carbocycles. The first-order valence-electron chi connectivity index (χ1n) is 7.66. The lowest BCUT2D eigenvalue weighted by Gasteiger charge is -2.15. The fourth-order valence-electron chi connectivity index (χ4n) is 2.63. The van der Waals surface area contributed by atoms with Crippen LogP contribution in [0.15, 0.2) is 60.8 Å². The van der Waals surface area contributed by atoms with Gasteiger partial charge in [-0.25, -0.2) is 4.79 Å². The molecule has 0 spiro atoms. The van der Waals surface area contributed by atoms with Crippen molar-refractivity contribution in [2.75, 3.05) is 0 Å². The molecule has 126 valence electrons. The molecule has 6 heteroatoms. The smallest absolute Gasteiger partial charge is 0.326 e. The average molecular weight is 446 g/mol. The number of pyridine rings is 1. The van der Waals surface area contributed by atoms with Gasteiger partial charge in [-0.1, -0.05) is 30.3 Å². The van der Waals surface area contributed by atoms with Gasteiger partial charge in [-0.3, -0.25) is 9.78 Å². The Balaban J connectivity index is 1.84. The summed E-state index contributed by atoms with van der Waals surface area (Å²) in [5.41, 5.74) is 1.97. The summed E-state index contributed by atoms with van der Waals surface area (Å²) in [5, 5.41) is 12.8. The molecule has 1 heterocycles. The zero-order valence-electron chi connectivity index (χ0n) is 13.1. The van der Waals surface area contributed by atoms with Gasteiger partial charge in [-0.2, -0.15) is 0 Å². The third-order valence-electron chi connectivity index (χ3n) is 3.83. The summed E-state index contributed by atoms with van der Waals surface area (Å²) >= 11 is 2.17. The largest absolute Gasteiger partial charge is 0.480 e. The van der Waals surface area contributed by atoms with Gasteiger partial charge in [0, 0.05) is 21.6 Å². The quantitative estimate of drug-likeness (QED) is 0.590. The van der Waals surface area contributed by atoms with Crippen molar-refractivity contribution >= 4 is 45.4 Å². The van der Waals surface area contributed by atoms with Crippen molar-refractivity contribution in [2.24, 2.45) is 0 Å². The van der Waals surface area contributed by atoms with Gasteiger partial charge in [-0.05, 0) is 52.4 Å². The van der Waals surface area contributed by atoms with E-state index in [0.29, 0.717) is 16.5 Å². The van der Waals surface area contributed by atoms with E-state index in [0.717, 1.165) is 9.13 Å². The highest BCUT2D eigenvalue weighted by Gasteiger charge is 2.22. The third kappa shape index (κ3) is 4.14. The number of fused-ring (bicyclic) bond motifs is 1. The Bertz CT molecular complexity index is 937. The van der Waals surface area contributed by atoms with Gasteiger partial charge in [0.2, 0.25) is 0 Å². The second-order valence-electron chi connectivity index (χ2n) is 5.57. The Morgan fingerprint density at radius 2 is 1.92 bits per heavy atom. The molecule has 0 aliphatic heterocycles. The number of carbonyl (C=O) groups is 2. The number of aliphatic carboxylic acids is 1. The first kappa shape index (κ1) is 17.3. The predicted octanol–water partition coefficient (Wildman–Crippen LogP) is 3.27. The van der Waals surface area contributed by atoms with E-state index in [1.54, 1.807) is 18.3 Å². The molecule has 0 unspecified atom stereocenters. The molecule has 0 bridgehead atoms. The number of hydrogen-bond donors (Lipinski definition) is 2. The Morgan fingerprint density at radius 1 is 1.12 bits per heavy atom. The molecule has 1 aromatic heterocycles. The van der Waals surface area contributed by atoms with Crippen LogP contribution in [-0.4, -0.2) is 28.0 Å². The van der Waals surface area contributed by atoms with E-state index in [-0.39, 0.29) is 6.42 Å². The van der Waals surface area contributed by atoms with Crippen LogP contribution in [0.5, 0.6) is 0 Å². The Morgan fingerprint density at radius 3 is 2.68 bits per heavy atom. The number of para-hydroxylation sites is 1. The zero-order valence-corrected chi connectivity index (χ0v) is 15.3. The molecule has 0 fully saturated rings. The van der Waals surface area contributed by atoms with Crippen LogP contribution in [0.2, 0.25) is 0 Å². The van der Waals surface area contributed by atoms with E-state index < -0.39 is 17.9 Å². The van der Waals surface area contributed by atoms with Gasteiger partial charge in [-0.15, -0.1) is 0 Å². The SMILES string of the molecule is O=C(N[C@@H](Cc1cccc(I)c1)C(=O)O)c1ccnc2ccccc12. The molecule has 0 saturated carbocycles. The van der Waals surface area contributed by atoms with Crippen LogP contribution in [0.3, 0.4) is 0 Å². The molecule has 5 nitrogen and oxygen atoms in total. The fraction of sp³-hybridized carbons (Fsp3) is 0.105. The molecule has 1 amide bonds. The lowest BCUT2D eigenvalue weighted by Crippen LogP contribution is -2.42. The summed E-state index contributed by atoms with van der Waals surface area (Å²) in [6, 6.07) is 15.4. The minimum atomic E-state index is -1.06. The number of carboxylic acid groups (broad SMARTS) is 1. The van der Waals surface area contributed by atoms with Crippen LogP contribution < -0.4 is 5.32 Å². The standard InChI is InChI=1S/C19H15IN2O3/c20-13-5-3-4-12(10-13)11-17(19(24)25)22-18(23)15-8-9-21-16-7-2-1-6-14(15)16/h1-10,17H,11H2,(H,22,23)(H,24,25)/t17-/m0/s1. The number of benzene rings is 2. The predicted molar refractivity (Wildman–Crippen MR) is 103 cm³/mol. The van der Waals surface area contributed by atoms with Crippen molar-refractivity contribution in [3.8, 4) is 0 Å². The zero-order chi connectivity index (χ0) is 17.8. The van der Waals surface area contributed by atoms with Crippen molar-refractivity contribution in [1.29, 1.82) is 0 Å². The Kier molecular flexibility index (Phi) is 5.28. The molecule has 2 N–H and O–H groups in total. The summed E-state index contributed by atoms with van der Waals surface area (Å²) < 4.78 is 1.02. The molecular weight excluding hydrogens is 431 g/mol. The molecule has 3 rings (SSSR count). The number of hydrogen-bond acceptors (Lipinski definition) is 3. The van der Waals surface area contributed by atoms with E-state index in [2.05, 4.69) is 32.9 Å². The Labute approximate surface area is 158 Å². The van der Waals surface area contributed by atoms with Gasteiger partial charge >= 0.3 is 5.97 Å². The maximum Gasteiger partial charge on any atom is 0.326 e. The number of halogens is 1. The molecule has 0 radical (unpaired) electrons. The van der Waals surface area contributed by atoms with Crippen molar-refractivity contribution < 1.29 is 14.7 Å². The fourth-order valence-corrected chi connectivity index (χ4v) is 3.24. The van der Waals surface area contributed by atoms with Gasteiger partial charge in [0.1, 0.15) is 6.04 Å². The highest BCUT2D eigenvalue weighted by molar-refractivity contribution is 14.1. The van der Waals surface area contributed by atoms with Gasteiger partial charge < -0.3 is 10.4 Å². The summed E-state index contributed by atoms with van der Waals surface area (Å²) in [6.07, 6.45) is 1.77. The summed E-state index contributed by atoms with van der Waals surface area (Å²) in [4.78, 5) is 28.4. The molecule has 3 aromatic rings. The number of nitrogens with one attached hydrogen (secondary N) is 1. The number of nitrogens with zero attached hydrogens (tertiary/aromatic N) is 1. The molecule has 2 aromatic carbocycles. The summed E-state index contributed by atoms with van der Waals surface area (Å²) in [5.74, 6) is -1.48. The monoisotopic (exact) mass is 446 g/mol. The van der Waals surface area contributed by atoms with Crippen molar-refractivity contribution in [3.05, 3.63) is 75.5 Å². The second kappa shape index (κ2) is 7.60. The molecular formula is C19H15IN2O3. The highest BCUT2D eigenvalue weighted by atomic mass is 127. The molecule has 0 saturated heterocycles. The molecule has 25 heavy (non-hydrogen) atoms. The number of rotatable bonds is 5. The lowest BCUT2D eigenvalue weighted by molar-refractivity contribution is -0.139. The van der Waals surface area contributed by atoms with Gasteiger partial charge in [0.25, 0.3) is 5.91 Å². The minimum Gasteiger partial charge on any atom is -0.480 e. The topological polar surface area (TPSA) is 79.3 Å². The first-order valence-corrected chi connectivity index (χ1v) is 8.74. The van der Waals surface area contributed by atoms with Gasteiger partial charge in [0.05, 0.1) is 11.1 Å². The van der Waals surface area contributed by atoms with Crippen molar-refractivity contribution in [1.82, 2.24) is 10.3 Å². The van der Waals surface area contributed by atoms with Crippen molar-refractivity contribution in [3.63, 3.8) is 0 Å². The normalized spacial score (nSPS) is 11.9. The van der Waals surface area contributed by atoms with Crippen LogP contribution >= 0.6 is 22.6 Å². The molecule has 1 atom stereocenters. The number of aromatic nitrogens is 1. The summed E-state index contributed by atoms with van der Waals surface area (Å²) in [7, 11) is 0.